The highest BCUT2D eigenvalue weighted by atomic mass is 16.3. The molecule has 0 unspecified atom stereocenters. The van der Waals surface area contributed by atoms with E-state index in [2.05, 4.69) is 10.3 Å². The molecule has 0 radical (unpaired) electrons. The molecule has 0 bridgehead atoms. The Morgan fingerprint density at radius 1 is 1.39 bits per heavy atom. The van der Waals surface area contributed by atoms with E-state index < -0.39 is 0 Å². The highest BCUT2D eigenvalue weighted by Crippen LogP contribution is 2.08. The lowest BCUT2D eigenvalue weighted by Gasteiger charge is -2.02. The summed E-state index contributed by atoms with van der Waals surface area (Å²) in [4.78, 5) is 15.8. The summed E-state index contributed by atoms with van der Waals surface area (Å²) in [7, 11) is 0. The van der Waals surface area contributed by atoms with Crippen LogP contribution in [0, 0.1) is 6.92 Å². The van der Waals surface area contributed by atoms with E-state index >= 15 is 0 Å². The van der Waals surface area contributed by atoms with Gasteiger partial charge in [-0.25, -0.2) is 4.98 Å². The Morgan fingerprint density at radius 2 is 2.17 bits per heavy atom. The molecule has 5 nitrogen and oxygen atoms in total. The molecule has 0 fully saturated rings. The third-order valence-corrected chi connectivity index (χ3v) is 2.61. The minimum atomic E-state index is -0.0628. The minimum Gasteiger partial charge on any atom is -0.463 e. The van der Waals surface area contributed by atoms with Crippen LogP contribution in [0.4, 0.5) is 0 Å². The molecule has 0 saturated carbocycles. The van der Waals surface area contributed by atoms with Crippen LogP contribution in [-0.2, 0) is 13.1 Å². The molecule has 2 aromatic rings. The predicted octanol–water partition coefficient (Wildman–Crippen LogP) is 1.30. The Bertz CT molecular complexity index is 572. The number of nitrogens with zero attached hydrogens (tertiary/aromatic N) is 2. The van der Waals surface area contributed by atoms with Crippen LogP contribution in [-0.4, -0.2) is 16.1 Å². The number of hydrogen-bond acceptors (Lipinski definition) is 4. The summed E-state index contributed by atoms with van der Waals surface area (Å²) in [5.41, 5.74) is 0.663. The average Bonchev–Trinajstić information content (AvgIpc) is 2.78. The van der Waals surface area contributed by atoms with Gasteiger partial charge in [-0.2, -0.15) is 0 Å². The monoisotopic (exact) mass is 247 g/mol. The van der Waals surface area contributed by atoms with Gasteiger partial charge in [-0.3, -0.25) is 9.36 Å². The molecule has 0 aliphatic heterocycles. The van der Waals surface area contributed by atoms with Crippen molar-refractivity contribution in [1.82, 2.24) is 14.9 Å². The van der Waals surface area contributed by atoms with Crippen LogP contribution in [0.3, 0.4) is 0 Å². The highest BCUT2D eigenvalue weighted by molar-refractivity contribution is 5.08. The molecular weight excluding hydrogens is 230 g/mol. The van der Waals surface area contributed by atoms with Crippen molar-refractivity contribution >= 4 is 0 Å². The zero-order chi connectivity index (χ0) is 13.0. The topological polar surface area (TPSA) is 60.1 Å². The third-order valence-electron chi connectivity index (χ3n) is 2.61. The Hall–Kier alpha value is -1.88. The van der Waals surface area contributed by atoms with Crippen LogP contribution in [0.1, 0.15) is 24.1 Å². The second-order valence-corrected chi connectivity index (χ2v) is 4.14. The van der Waals surface area contributed by atoms with Gasteiger partial charge in [0.2, 0.25) is 0 Å². The zero-order valence-electron chi connectivity index (χ0n) is 10.6. The van der Waals surface area contributed by atoms with Crippen molar-refractivity contribution in [2.24, 2.45) is 0 Å². The predicted molar refractivity (Wildman–Crippen MR) is 68.4 cm³/mol. The molecule has 0 aromatic carbocycles. The molecule has 0 amide bonds. The molecule has 0 aliphatic rings. The first kappa shape index (κ1) is 12.6. The van der Waals surface area contributed by atoms with E-state index in [1.54, 1.807) is 13.3 Å². The number of rotatable bonds is 5. The van der Waals surface area contributed by atoms with E-state index in [-0.39, 0.29) is 5.56 Å². The SMILES string of the molecule is CCNCc1ccc(Cn2cnc(C)cc2=O)o1. The van der Waals surface area contributed by atoms with Gasteiger partial charge in [0.1, 0.15) is 11.5 Å². The molecule has 0 aliphatic carbocycles. The summed E-state index contributed by atoms with van der Waals surface area (Å²) < 4.78 is 7.16. The molecular formula is C13H17N3O2. The van der Waals surface area contributed by atoms with Crippen molar-refractivity contribution in [3.05, 3.63) is 52.1 Å². The molecule has 96 valence electrons. The fraction of sp³-hybridized carbons (Fsp3) is 0.385. The van der Waals surface area contributed by atoms with E-state index in [9.17, 15) is 4.79 Å². The van der Waals surface area contributed by atoms with Crippen molar-refractivity contribution < 1.29 is 4.42 Å². The lowest BCUT2D eigenvalue weighted by atomic mass is 10.4. The molecule has 5 heteroatoms. The maximum Gasteiger partial charge on any atom is 0.253 e. The summed E-state index contributed by atoms with van der Waals surface area (Å²) in [6.45, 7) is 5.86. The van der Waals surface area contributed by atoms with Gasteiger partial charge in [-0.05, 0) is 25.6 Å². The number of aromatic nitrogens is 2. The van der Waals surface area contributed by atoms with Crippen LogP contribution in [0.25, 0.3) is 0 Å². The highest BCUT2D eigenvalue weighted by Gasteiger charge is 2.04. The van der Waals surface area contributed by atoms with Gasteiger partial charge in [0.05, 0.1) is 19.4 Å². The Labute approximate surface area is 105 Å². The van der Waals surface area contributed by atoms with Crippen LogP contribution in [0.15, 0.2) is 33.7 Å². The van der Waals surface area contributed by atoms with Crippen LogP contribution in [0.5, 0.6) is 0 Å². The summed E-state index contributed by atoms with van der Waals surface area (Å²) in [6, 6.07) is 5.33. The van der Waals surface area contributed by atoms with Gasteiger partial charge < -0.3 is 9.73 Å². The Kier molecular flexibility index (Phi) is 3.94. The van der Waals surface area contributed by atoms with Crippen molar-refractivity contribution in [2.75, 3.05) is 6.54 Å². The molecule has 2 rings (SSSR count). The second kappa shape index (κ2) is 5.64. The van der Waals surface area contributed by atoms with Gasteiger partial charge in [-0.1, -0.05) is 6.92 Å². The summed E-state index contributed by atoms with van der Waals surface area (Å²) >= 11 is 0. The fourth-order valence-corrected chi connectivity index (χ4v) is 1.65. The van der Waals surface area contributed by atoms with E-state index in [0.717, 1.165) is 23.8 Å². The molecule has 1 N–H and O–H groups in total. The lowest BCUT2D eigenvalue weighted by Crippen LogP contribution is -2.20. The van der Waals surface area contributed by atoms with Crippen LogP contribution >= 0.6 is 0 Å². The quantitative estimate of drug-likeness (QED) is 0.865. The first-order valence-corrected chi connectivity index (χ1v) is 6.00. The summed E-state index contributed by atoms with van der Waals surface area (Å²) in [6.07, 6.45) is 1.55. The molecule has 0 atom stereocenters. The van der Waals surface area contributed by atoms with E-state index in [1.807, 2.05) is 19.1 Å². The van der Waals surface area contributed by atoms with E-state index in [4.69, 9.17) is 4.42 Å². The van der Waals surface area contributed by atoms with Crippen LogP contribution < -0.4 is 10.9 Å². The number of furan rings is 1. The molecule has 2 aromatic heterocycles. The third kappa shape index (κ3) is 3.07. The first-order valence-electron chi connectivity index (χ1n) is 6.00. The smallest absolute Gasteiger partial charge is 0.253 e. The lowest BCUT2D eigenvalue weighted by molar-refractivity contribution is 0.437. The molecule has 0 spiro atoms. The summed E-state index contributed by atoms with van der Waals surface area (Å²) in [5, 5.41) is 3.19. The minimum absolute atomic E-state index is 0.0628. The van der Waals surface area contributed by atoms with Gasteiger partial charge in [0.15, 0.2) is 0 Å². The normalized spacial score (nSPS) is 10.8. The van der Waals surface area contributed by atoms with Crippen molar-refractivity contribution in [2.45, 2.75) is 26.9 Å². The van der Waals surface area contributed by atoms with Gasteiger partial charge in [0.25, 0.3) is 5.56 Å². The fourth-order valence-electron chi connectivity index (χ4n) is 1.65. The average molecular weight is 247 g/mol. The Morgan fingerprint density at radius 3 is 2.89 bits per heavy atom. The number of hydrogen-bond donors (Lipinski definition) is 1. The summed E-state index contributed by atoms with van der Waals surface area (Å²) in [5.74, 6) is 1.63. The van der Waals surface area contributed by atoms with Crippen LogP contribution in [0.2, 0.25) is 0 Å². The molecule has 0 saturated heterocycles. The van der Waals surface area contributed by atoms with E-state index in [0.29, 0.717) is 13.1 Å². The largest absolute Gasteiger partial charge is 0.463 e. The standard InChI is InChI=1S/C13H17N3O2/c1-3-14-7-11-4-5-12(18-11)8-16-9-15-10(2)6-13(16)17/h4-6,9,14H,3,7-8H2,1-2H3. The van der Waals surface area contributed by atoms with Crippen molar-refractivity contribution in [3.8, 4) is 0 Å². The van der Waals surface area contributed by atoms with Crippen molar-refractivity contribution in [1.29, 1.82) is 0 Å². The zero-order valence-corrected chi connectivity index (χ0v) is 10.6. The molecule has 18 heavy (non-hydrogen) atoms. The maximum absolute atomic E-state index is 11.7. The first-order chi connectivity index (χ1) is 8.69. The van der Waals surface area contributed by atoms with Gasteiger partial charge in [0, 0.05) is 11.8 Å². The number of nitrogens with one attached hydrogen (secondary N) is 1. The van der Waals surface area contributed by atoms with Gasteiger partial charge in [-0.15, -0.1) is 0 Å². The Balaban J connectivity index is 2.09. The van der Waals surface area contributed by atoms with Gasteiger partial charge >= 0.3 is 0 Å². The molecule has 2 heterocycles. The second-order valence-electron chi connectivity index (χ2n) is 4.14. The van der Waals surface area contributed by atoms with Crippen molar-refractivity contribution in [3.63, 3.8) is 0 Å². The number of aryl methyl sites for hydroxylation is 1. The van der Waals surface area contributed by atoms with E-state index in [1.165, 1.54) is 10.6 Å². The maximum atomic E-state index is 11.7.